The van der Waals surface area contributed by atoms with Crippen molar-refractivity contribution in [2.75, 3.05) is 0 Å². The maximum atomic E-state index is 13.0. The Morgan fingerprint density at radius 3 is 2.50 bits per heavy atom. The molecule has 0 radical (unpaired) electrons. The molecule has 2 aromatic carbocycles. The average molecular weight is 294 g/mol. The predicted octanol–water partition coefficient (Wildman–Crippen LogP) is 3.37. The number of hydrogen-bond acceptors (Lipinski definition) is 2. The van der Waals surface area contributed by atoms with E-state index in [4.69, 9.17) is 5.73 Å². The standard InChI is InChI=1S/C18H15FN2O/c1-11-14-4-2-3-5-15(14)21-16(17(11)18(20)22)10-12-6-8-13(19)9-7-12/h2-9H,10H2,1H3,(H2,20,22). The van der Waals surface area contributed by atoms with Crippen LogP contribution in [0.4, 0.5) is 4.39 Å². The Bertz CT molecular complexity index is 857. The molecule has 4 heteroatoms. The molecular weight excluding hydrogens is 279 g/mol. The number of carbonyl (C=O) groups excluding carboxylic acids is 1. The van der Waals surface area contributed by atoms with E-state index in [9.17, 15) is 9.18 Å². The average Bonchev–Trinajstić information content (AvgIpc) is 2.49. The molecule has 2 N–H and O–H groups in total. The van der Waals surface area contributed by atoms with Crippen LogP contribution in [0.3, 0.4) is 0 Å². The summed E-state index contributed by atoms with van der Waals surface area (Å²) in [4.78, 5) is 16.4. The molecule has 1 amide bonds. The van der Waals surface area contributed by atoms with E-state index in [1.54, 1.807) is 12.1 Å². The zero-order valence-corrected chi connectivity index (χ0v) is 12.1. The summed E-state index contributed by atoms with van der Waals surface area (Å²) in [6.45, 7) is 1.87. The smallest absolute Gasteiger partial charge is 0.250 e. The second-order valence-corrected chi connectivity index (χ2v) is 5.24. The number of nitrogens with two attached hydrogens (primary N) is 1. The van der Waals surface area contributed by atoms with E-state index in [1.165, 1.54) is 12.1 Å². The Morgan fingerprint density at radius 1 is 1.14 bits per heavy atom. The molecule has 0 aliphatic rings. The van der Waals surface area contributed by atoms with Crippen LogP contribution in [0, 0.1) is 12.7 Å². The predicted molar refractivity (Wildman–Crippen MR) is 84.2 cm³/mol. The van der Waals surface area contributed by atoms with Gasteiger partial charge in [0.2, 0.25) is 0 Å². The normalized spacial score (nSPS) is 10.8. The minimum atomic E-state index is -0.493. The van der Waals surface area contributed by atoms with E-state index in [1.807, 2.05) is 31.2 Å². The minimum absolute atomic E-state index is 0.290. The molecule has 3 rings (SSSR count). The Balaban J connectivity index is 2.16. The van der Waals surface area contributed by atoms with Crippen molar-refractivity contribution < 1.29 is 9.18 Å². The number of aryl methyl sites for hydroxylation is 1. The number of para-hydroxylation sites is 1. The van der Waals surface area contributed by atoms with Gasteiger partial charge in [-0.2, -0.15) is 0 Å². The molecule has 0 unspecified atom stereocenters. The van der Waals surface area contributed by atoms with Gasteiger partial charge >= 0.3 is 0 Å². The summed E-state index contributed by atoms with van der Waals surface area (Å²) < 4.78 is 13.0. The molecule has 3 aromatic rings. The van der Waals surface area contributed by atoms with Crippen LogP contribution in [-0.2, 0) is 6.42 Å². The van der Waals surface area contributed by atoms with E-state index in [0.717, 1.165) is 22.0 Å². The highest BCUT2D eigenvalue weighted by Gasteiger charge is 2.16. The highest BCUT2D eigenvalue weighted by molar-refractivity contribution is 6.00. The maximum absolute atomic E-state index is 13.0. The molecule has 0 saturated carbocycles. The van der Waals surface area contributed by atoms with Crippen LogP contribution in [0.1, 0.15) is 27.2 Å². The van der Waals surface area contributed by atoms with Gasteiger partial charge in [0.15, 0.2) is 0 Å². The summed E-state index contributed by atoms with van der Waals surface area (Å²) in [7, 11) is 0. The van der Waals surface area contributed by atoms with Crippen molar-refractivity contribution in [1.29, 1.82) is 0 Å². The van der Waals surface area contributed by atoms with E-state index >= 15 is 0 Å². The summed E-state index contributed by atoms with van der Waals surface area (Å²) >= 11 is 0. The zero-order chi connectivity index (χ0) is 15.7. The van der Waals surface area contributed by atoms with Crippen LogP contribution in [0.25, 0.3) is 10.9 Å². The number of aromatic nitrogens is 1. The minimum Gasteiger partial charge on any atom is -0.366 e. The number of amides is 1. The number of carbonyl (C=O) groups is 1. The van der Waals surface area contributed by atoms with Gasteiger partial charge < -0.3 is 5.73 Å². The third-order valence-electron chi connectivity index (χ3n) is 3.76. The Hall–Kier alpha value is -2.75. The monoisotopic (exact) mass is 294 g/mol. The molecular formula is C18H15FN2O. The highest BCUT2D eigenvalue weighted by Crippen LogP contribution is 2.24. The summed E-state index contributed by atoms with van der Waals surface area (Å²) in [5, 5.41) is 0.916. The number of halogens is 1. The van der Waals surface area contributed by atoms with E-state index in [0.29, 0.717) is 17.7 Å². The lowest BCUT2D eigenvalue weighted by Crippen LogP contribution is -2.17. The van der Waals surface area contributed by atoms with Crippen LogP contribution in [-0.4, -0.2) is 10.9 Å². The molecule has 22 heavy (non-hydrogen) atoms. The molecule has 1 aromatic heterocycles. The fourth-order valence-electron chi connectivity index (χ4n) is 2.69. The first kappa shape index (κ1) is 14.2. The fourth-order valence-corrected chi connectivity index (χ4v) is 2.69. The van der Waals surface area contributed by atoms with Crippen molar-refractivity contribution in [3.63, 3.8) is 0 Å². The van der Waals surface area contributed by atoms with Crippen molar-refractivity contribution in [2.24, 2.45) is 5.73 Å². The van der Waals surface area contributed by atoms with E-state index in [-0.39, 0.29) is 5.82 Å². The third kappa shape index (κ3) is 2.55. The van der Waals surface area contributed by atoms with Crippen LogP contribution < -0.4 is 5.73 Å². The van der Waals surface area contributed by atoms with Crippen molar-refractivity contribution in [3.05, 3.63) is 76.7 Å². The molecule has 0 fully saturated rings. The van der Waals surface area contributed by atoms with Crippen LogP contribution in [0.2, 0.25) is 0 Å². The Kier molecular flexibility index (Phi) is 3.59. The van der Waals surface area contributed by atoms with Gasteiger partial charge in [-0.25, -0.2) is 4.39 Å². The lowest BCUT2D eigenvalue weighted by Gasteiger charge is -2.12. The largest absolute Gasteiger partial charge is 0.366 e. The number of primary amides is 1. The highest BCUT2D eigenvalue weighted by atomic mass is 19.1. The number of fused-ring (bicyclic) bond motifs is 1. The SMILES string of the molecule is Cc1c(C(N)=O)c(Cc2ccc(F)cc2)nc2ccccc12. The van der Waals surface area contributed by atoms with Crippen LogP contribution in [0.5, 0.6) is 0 Å². The fraction of sp³-hybridized carbons (Fsp3) is 0.111. The van der Waals surface area contributed by atoms with Gasteiger partial charge in [-0.3, -0.25) is 9.78 Å². The number of pyridine rings is 1. The lowest BCUT2D eigenvalue weighted by atomic mass is 9.97. The van der Waals surface area contributed by atoms with Gasteiger partial charge in [-0.05, 0) is 36.2 Å². The molecule has 0 spiro atoms. The van der Waals surface area contributed by atoms with Crippen LogP contribution in [0.15, 0.2) is 48.5 Å². The molecule has 0 saturated heterocycles. The lowest BCUT2D eigenvalue weighted by molar-refractivity contribution is 0.0998. The van der Waals surface area contributed by atoms with E-state index < -0.39 is 5.91 Å². The van der Waals surface area contributed by atoms with Gasteiger partial charge in [0, 0.05) is 11.8 Å². The summed E-state index contributed by atoms with van der Waals surface area (Å²) in [6, 6.07) is 13.8. The molecule has 3 nitrogen and oxygen atoms in total. The number of rotatable bonds is 3. The first-order chi connectivity index (χ1) is 10.6. The van der Waals surface area contributed by atoms with Gasteiger partial charge in [0.1, 0.15) is 5.82 Å². The number of benzene rings is 2. The van der Waals surface area contributed by atoms with Gasteiger partial charge in [0.25, 0.3) is 5.91 Å². The maximum Gasteiger partial charge on any atom is 0.250 e. The zero-order valence-electron chi connectivity index (χ0n) is 12.1. The van der Waals surface area contributed by atoms with E-state index in [2.05, 4.69) is 4.98 Å². The first-order valence-corrected chi connectivity index (χ1v) is 6.98. The van der Waals surface area contributed by atoms with Crippen LogP contribution >= 0.6 is 0 Å². The van der Waals surface area contributed by atoms with Crippen molar-refractivity contribution in [3.8, 4) is 0 Å². The molecule has 0 aliphatic carbocycles. The van der Waals surface area contributed by atoms with Crippen molar-refractivity contribution in [1.82, 2.24) is 4.98 Å². The Morgan fingerprint density at radius 2 is 1.82 bits per heavy atom. The van der Waals surface area contributed by atoms with Gasteiger partial charge in [-0.1, -0.05) is 30.3 Å². The van der Waals surface area contributed by atoms with Crippen molar-refractivity contribution >= 4 is 16.8 Å². The molecule has 0 atom stereocenters. The van der Waals surface area contributed by atoms with Gasteiger partial charge in [-0.15, -0.1) is 0 Å². The molecule has 1 heterocycles. The second-order valence-electron chi connectivity index (χ2n) is 5.24. The topological polar surface area (TPSA) is 56.0 Å². The molecule has 0 bridgehead atoms. The summed E-state index contributed by atoms with van der Waals surface area (Å²) in [6.07, 6.45) is 0.435. The number of hydrogen-bond donors (Lipinski definition) is 1. The second kappa shape index (κ2) is 5.56. The van der Waals surface area contributed by atoms with Gasteiger partial charge in [0.05, 0.1) is 16.8 Å². The summed E-state index contributed by atoms with van der Waals surface area (Å²) in [5.74, 6) is -0.783. The Labute approximate surface area is 127 Å². The van der Waals surface area contributed by atoms with Crippen molar-refractivity contribution in [2.45, 2.75) is 13.3 Å². The first-order valence-electron chi connectivity index (χ1n) is 6.98. The third-order valence-corrected chi connectivity index (χ3v) is 3.76. The summed E-state index contributed by atoms with van der Waals surface area (Å²) in [5.41, 5.74) is 9.14. The quantitative estimate of drug-likeness (QED) is 0.805. The number of nitrogens with zero attached hydrogens (tertiary/aromatic N) is 1. The molecule has 0 aliphatic heterocycles. The molecule has 110 valence electrons.